The molecule has 1 unspecified atom stereocenters. The van der Waals surface area contributed by atoms with Crippen molar-refractivity contribution in [3.05, 3.63) is 47.3 Å². The topological polar surface area (TPSA) is 81.5 Å². The number of carbonyl (C=O) groups excluding carboxylic acids is 1. The van der Waals surface area contributed by atoms with Gasteiger partial charge in [0.2, 0.25) is 0 Å². The number of benzene rings is 1. The molecule has 1 aliphatic heterocycles. The summed E-state index contributed by atoms with van der Waals surface area (Å²) in [7, 11) is -1.25. The van der Waals surface area contributed by atoms with Gasteiger partial charge in [0.1, 0.15) is 5.75 Å². The molecular formula is C19H25N3O4S. The maximum absolute atomic E-state index is 12.4. The van der Waals surface area contributed by atoms with E-state index in [4.69, 9.17) is 4.74 Å². The molecule has 1 atom stereocenters. The number of para-hydroxylation sites is 1. The zero-order valence-corrected chi connectivity index (χ0v) is 16.7. The number of carbonyl (C=O) groups is 1. The highest BCUT2D eigenvalue weighted by Gasteiger charge is 2.31. The monoisotopic (exact) mass is 391 g/mol. The first-order valence-electron chi connectivity index (χ1n) is 8.93. The van der Waals surface area contributed by atoms with Crippen LogP contribution in [0.15, 0.2) is 30.3 Å². The Morgan fingerprint density at radius 3 is 2.63 bits per heavy atom. The number of hydrogen-bond donors (Lipinski definition) is 0. The van der Waals surface area contributed by atoms with Gasteiger partial charge in [-0.05, 0) is 32.4 Å². The molecule has 1 aromatic carbocycles. The van der Waals surface area contributed by atoms with E-state index in [2.05, 4.69) is 5.10 Å². The van der Waals surface area contributed by atoms with Gasteiger partial charge in [0.15, 0.2) is 16.4 Å². The molecule has 2 aromatic rings. The highest BCUT2D eigenvalue weighted by Crippen LogP contribution is 2.27. The standard InChI is InChI=1S/C19H25N3O4S/c1-14-18(15(2)22(20-14)16-9-10-27(24,25)13-16)11-21(3)19(23)12-26-17-7-5-4-6-8-17/h4-8,16H,9-13H2,1-3H3. The van der Waals surface area contributed by atoms with Crippen LogP contribution in [0.25, 0.3) is 0 Å². The molecule has 0 N–H and O–H groups in total. The third kappa shape index (κ3) is 4.50. The molecule has 1 amide bonds. The number of aryl methyl sites for hydroxylation is 1. The zero-order valence-electron chi connectivity index (χ0n) is 15.9. The number of sulfone groups is 1. The van der Waals surface area contributed by atoms with Gasteiger partial charge in [-0.15, -0.1) is 0 Å². The fourth-order valence-corrected chi connectivity index (χ4v) is 5.04. The summed E-state index contributed by atoms with van der Waals surface area (Å²) in [6.07, 6.45) is 0.587. The van der Waals surface area contributed by atoms with E-state index in [9.17, 15) is 13.2 Å². The number of hydrogen-bond acceptors (Lipinski definition) is 5. The summed E-state index contributed by atoms with van der Waals surface area (Å²) in [4.78, 5) is 14.0. The highest BCUT2D eigenvalue weighted by atomic mass is 32.2. The maximum Gasteiger partial charge on any atom is 0.260 e. The Hall–Kier alpha value is -2.35. The number of amides is 1. The van der Waals surface area contributed by atoms with Gasteiger partial charge >= 0.3 is 0 Å². The molecule has 146 valence electrons. The van der Waals surface area contributed by atoms with Crippen LogP contribution < -0.4 is 4.74 Å². The molecule has 1 aromatic heterocycles. The van der Waals surface area contributed by atoms with Gasteiger partial charge in [-0.1, -0.05) is 18.2 Å². The molecule has 3 rings (SSSR count). The SMILES string of the molecule is Cc1nn(C2CCS(=O)(=O)C2)c(C)c1CN(C)C(=O)COc1ccccc1. The first-order chi connectivity index (χ1) is 12.8. The summed E-state index contributed by atoms with van der Waals surface area (Å²) < 4.78 is 30.9. The summed E-state index contributed by atoms with van der Waals surface area (Å²) in [5.41, 5.74) is 2.69. The molecular weight excluding hydrogens is 366 g/mol. The Balaban J connectivity index is 1.65. The normalized spacial score (nSPS) is 18.4. The quantitative estimate of drug-likeness (QED) is 0.751. The Kier molecular flexibility index (Phi) is 5.55. The van der Waals surface area contributed by atoms with Crippen LogP contribution in [0.1, 0.15) is 29.4 Å². The van der Waals surface area contributed by atoms with Crippen molar-refractivity contribution < 1.29 is 17.9 Å². The van der Waals surface area contributed by atoms with E-state index < -0.39 is 9.84 Å². The fraction of sp³-hybridized carbons (Fsp3) is 0.474. The van der Waals surface area contributed by atoms with Gasteiger partial charge in [-0.3, -0.25) is 9.48 Å². The molecule has 1 fully saturated rings. The Morgan fingerprint density at radius 2 is 2.00 bits per heavy atom. The van der Waals surface area contributed by atoms with Crippen LogP contribution in [-0.2, 0) is 21.2 Å². The van der Waals surface area contributed by atoms with E-state index >= 15 is 0 Å². The third-order valence-corrected chi connectivity index (χ3v) is 6.71. The number of likely N-dealkylation sites (N-methyl/N-ethyl adjacent to an activating group) is 1. The second kappa shape index (κ2) is 7.72. The minimum Gasteiger partial charge on any atom is -0.484 e. The molecule has 1 aliphatic rings. The average molecular weight is 391 g/mol. The first kappa shape index (κ1) is 19.4. The van der Waals surface area contributed by atoms with Crippen molar-refractivity contribution in [2.45, 2.75) is 32.9 Å². The molecule has 1 saturated heterocycles. The molecule has 7 nitrogen and oxygen atoms in total. The molecule has 0 bridgehead atoms. The van der Waals surface area contributed by atoms with E-state index in [1.54, 1.807) is 24.1 Å². The molecule has 0 spiro atoms. The van der Waals surface area contributed by atoms with Gasteiger partial charge in [0.05, 0.1) is 23.2 Å². The average Bonchev–Trinajstić information content (AvgIpc) is 3.13. The van der Waals surface area contributed by atoms with Crippen molar-refractivity contribution >= 4 is 15.7 Å². The van der Waals surface area contributed by atoms with Gasteiger partial charge in [0, 0.05) is 24.8 Å². The molecule has 0 aliphatic carbocycles. The number of ether oxygens (including phenoxy) is 1. The van der Waals surface area contributed by atoms with Crippen LogP contribution in [0.2, 0.25) is 0 Å². The van der Waals surface area contributed by atoms with Crippen LogP contribution in [0.4, 0.5) is 0 Å². The minimum absolute atomic E-state index is 0.0341. The Labute approximate surface area is 159 Å². The second-order valence-electron chi connectivity index (χ2n) is 7.00. The van der Waals surface area contributed by atoms with Crippen molar-refractivity contribution in [3.8, 4) is 5.75 Å². The number of rotatable bonds is 6. The van der Waals surface area contributed by atoms with Gasteiger partial charge in [-0.2, -0.15) is 5.10 Å². The summed E-state index contributed by atoms with van der Waals surface area (Å²) in [5, 5.41) is 4.55. The van der Waals surface area contributed by atoms with Crippen molar-refractivity contribution in [1.29, 1.82) is 0 Å². The Bertz CT molecular complexity index is 922. The van der Waals surface area contributed by atoms with Crippen molar-refractivity contribution in [2.24, 2.45) is 0 Å². The van der Waals surface area contributed by atoms with Crippen LogP contribution in [-0.4, -0.2) is 54.2 Å². The highest BCUT2D eigenvalue weighted by molar-refractivity contribution is 7.91. The maximum atomic E-state index is 12.4. The summed E-state index contributed by atoms with van der Waals surface area (Å²) >= 11 is 0. The van der Waals surface area contributed by atoms with Crippen LogP contribution >= 0.6 is 0 Å². The van der Waals surface area contributed by atoms with Crippen LogP contribution in [0.5, 0.6) is 5.75 Å². The lowest BCUT2D eigenvalue weighted by Gasteiger charge is -2.18. The van der Waals surface area contributed by atoms with Gasteiger partial charge < -0.3 is 9.64 Å². The first-order valence-corrected chi connectivity index (χ1v) is 10.8. The molecule has 8 heteroatoms. The number of nitrogens with zero attached hydrogens (tertiary/aromatic N) is 3. The third-order valence-electron chi connectivity index (χ3n) is 4.96. The predicted octanol–water partition coefficient (Wildman–Crippen LogP) is 1.90. The van der Waals surface area contributed by atoms with Crippen molar-refractivity contribution in [3.63, 3.8) is 0 Å². The van der Waals surface area contributed by atoms with Crippen molar-refractivity contribution in [2.75, 3.05) is 25.2 Å². The van der Waals surface area contributed by atoms with Gasteiger partial charge in [-0.25, -0.2) is 8.42 Å². The molecule has 0 saturated carbocycles. The smallest absolute Gasteiger partial charge is 0.260 e. The summed E-state index contributed by atoms with van der Waals surface area (Å²) in [5.74, 6) is 0.866. The summed E-state index contributed by atoms with van der Waals surface area (Å²) in [6, 6.07) is 9.09. The van der Waals surface area contributed by atoms with E-state index in [0.717, 1.165) is 17.0 Å². The Morgan fingerprint density at radius 1 is 1.30 bits per heavy atom. The number of aromatic nitrogens is 2. The van der Waals surface area contributed by atoms with Crippen molar-refractivity contribution in [1.82, 2.24) is 14.7 Å². The molecule has 27 heavy (non-hydrogen) atoms. The van der Waals surface area contributed by atoms with Crippen LogP contribution in [0, 0.1) is 13.8 Å². The van der Waals surface area contributed by atoms with Crippen LogP contribution in [0.3, 0.4) is 0 Å². The summed E-state index contributed by atoms with van der Waals surface area (Å²) in [6.45, 7) is 4.20. The van der Waals surface area contributed by atoms with E-state index in [1.807, 2.05) is 36.7 Å². The van der Waals surface area contributed by atoms with E-state index in [1.165, 1.54) is 0 Å². The zero-order chi connectivity index (χ0) is 19.6. The lowest BCUT2D eigenvalue weighted by molar-refractivity contribution is -0.132. The lowest BCUT2D eigenvalue weighted by atomic mass is 10.1. The van der Waals surface area contributed by atoms with Gasteiger partial charge in [0.25, 0.3) is 5.91 Å². The minimum atomic E-state index is -2.98. The second-order valence-corrected chi connectivity index (χ2v) is 9.23. The lowest BCUT2D eigenvalue weighted by Crippen LogP contribution is -2.31. The van der Waals surface area contributed by atoms with E-state index in [0.29, 0.717) is 18.7 Å². The van der Waals surface area contributed by atoms with E-state index in [-0.39, 0.29) is 30.1 Å². The molecule has 0 radical (unpaired) electrons. The fourth-order valence-electron chi connectivity index (χ4n) is 3.35. The molecule has 2 heterocycles. The largest absolute Gasteiger partial charge is 0.484 e. The predicted molar refractivity (Wildman–Crippen MR) is 102 cm³/mol.